The molecule has 0 saturated heterocycles. The van der Waals surface area contributed by atoms with Crippen molar-refractivity contribution < 1.29 is 0 Å². The lowest BCUT2D eigenvalue weighted by Gasteiger charge is -2.19. The predicted octanol–water partition coefficient (Wildman–Crippen LogP) is 3.51. The molecule has 1 aliphatic rings. The van der Waals surface area contributed by atoms with Gasteiger partial charge in [0.25, 0.3) is 0 Å². The molecule has 1 heterocycles. The van der Waals surface area contributed by atoms with Gasteiger partial charge in [-0.25, -0.2) is 0 Å². The maximum Gasteiger partial charge on any atom is 0.0262 e. The Kier molecular flexibility index (Phi) is 4.57. The van der Waals surface area contributed by atoms with E-state index in [2.05, 4.69) is 31.3 Å². The third-order valence-electron chi connectivity index (χ3n) is 2.61. The van der Waals surface area contributed by atoms with E-state index in [4.69, 9.17) is 0 Å². The van der Waals surface area contributed by atoms with E-state index in [1.807, 2.05) is 11.8 Å². The maximum atomic E-state index is 4.41. The number of hydrogen-bond acceptors (Lipinski definition) is 2. The lowest BCUT2D eigenvalue weighted by molar-refractivity contribution is 0.631. The van der Waals surface area contributed by atoms with Gasteiger partial charge in [-0.05, 0) is 49.7 Å². The molecule has 1 nitrogen and oxygen atoms in total. The van der Waals surface area contributed by atoms with Crippen molar-refractivity contribution in [3.63, 3.8) is 0 Å². The summed E-state index contributed by atoms with van der Waals surface area (Å²) >= 11 is 1.94. The van der Waals surface area contributed by atoms with E-state index in [0.29, 0.717) is 0 Å². The molecule has 1 atom stereocenters. The van der Waals surface area contributed by atoms with Crippen molar-refractivity contribution >= 4 is 17.5 Å². The molecule has 0 amide bonds. The van der Waals surface area contributed by atoms with Crippen LogP contribution in [0.15, 0.2) is 16.8 Å². The second-order valence-electron chi connectivity index (χ2n) is 3.63. The third kappa shape index (κ3) is 3.18. The van der Waals surface area contributed by atoms with Gasteiger partial charge in [0, 0.05) is 11.9 Å². The molecule has 0 saturated carbocycles. The summed E-state index contributed by atoms with van der Waals surface area (Å²) in [6, 6.07) is 0. The third-order valence-corrected chi connectivity index (χ3v) is 3.35. The van der Waals surface area contributed by atoms with Crippen LogP contribution in [-0.2, 0) is 0 Å². The van der Waals surface area contributed by atoms with E-state index in [1.54, 1.807) is 5.57 Å². The van der Waals surface area contributed by atoms with Crippen molar-refractivity contribution in [2.24, 2.45) is 10.9 Å². The van der Waals surface area contributed by atoms with E-state index in [1.165, 1.54) is 24.3 Å². The molecule has 1 rings (SSSR count). The minimum atomic E-state index is 0.756. The quantitative estimate of drug-likeness (QED) is 0.672. The smallest absolute Gasteiger partial charge is 0.0262 e. The van der Waals surface area contributed by atoms with Crippen LogP contribution in [0.2, 0.25) is 0 Å². The van der Waals surface area contributed by atoms with Crippen LogP contribution in [0.5, 0.6) is 0 Å². The summed E-state index contributed by atoms with van der Waals surface area (Å²) in [5.74, 6) is 2.00. The Morgan fingerprint density at radius 3 is 2.77 bits per heavy atom. The first-order valence-electron chi connectivity index (χ1n) is 4.99. The highest BCUT2D eigenvalue weighted by molar-refractivity contribution is 7.98. The van der Waals surface area contributed by atoms with E-state index in [0.717, 1.165) is 12.3 Å². The molecule has 0 spiro atoms. The van der Waals surface area contributed by atoms with Gasteiger partial charge in [-0.3, -0.25) is 4.99 Å². The summed E-state index contributed by atoms with van der Waals surface area (Å²) in [6.45, 7) is 4.38. The highest BCUT2D eigenvalue weighted by atomic mass is 32.2. The summed E-state index contributed by atoms with van der Waals surface area (Å²) in [5, 5.41) is 0. The largest absolute Gasteiger partial charge is 0.266 e. The van der Waals surface area contributed by atoms with Crippen LogP contribution in [0.25, 0.3) is 0 Å². The maximum absolute atomic E-state index is 4.41. The highest BCUT2D eigenvalue weighted by Gasteiger charge is 2.14. The molecule has 74 valence electrons. The van der Waals surface area contributed by atoms with Crippen molar-refractivity contribution in [1.29, 1.82) is 0 Å². The van der Waals surface area contributed by atoms with Gasteiger partial charge >= 0.3 is 0 Å². The second kappa shape index (κ2) is 5.48. The first-order chi connectivity index (χ1) is 6.27. The summed E-state index contributed by atoms with van der Waals surface area (Å²) < 4.78 is 0. The van der Waals surface area contributed by atoms with Crippen LogP contribution in [-0.4, -0.2) is 17.7 Å². The summed E-state index contributed by atoms with van der Waals surface area (Å²) in [4.78, 5) is 4.41. The molecule has 1 unspecified atom stereocenters. The van der Waals surface area contributed by atoms with Crippen LogP contribution in [0.1, 0.15) is 33.1 Å². The number of aliphatic imine (C=N–C) groups is 1. The van der Waals surface area contributed by atoms with E-state index < -0.39 is 0 Å². The van der Waals surface area contributed by atoms with Gasteiger partial charge in [-0.2, -0.15) is 11.8 Å². The van der Waals surface area contributed by atoms with Crippen LogP contribution in [0.4, 0.5) is 0 Å². The van der Waals surface area contributed by atoms with Crippen LogP contribution >= 0.6 is 11.8 Å². The topological polar surface area (TPSA) is 12.4 Å². The Labute approximate surface area is 85.7 Å². The lowest BCUT2D eigenvalue weighted by atomic mass is 9.93. The van der Waals surface area contributed by atoms with Gasteiger partial charge in [-0.1, -0.05) is 6.92 Å². The summed E-state index contributed by atoms with van der Waals surface area (Å²) in [6.07, 6.45) is 7.93. The fourth-order valence-electron chi connectivity index (χ4n) is 1.65. The zero-order valence-electron chi connectivity index (χ0n) is 8.84. The van der Waals surface area contributed by atoms with Crippen molar-refractivity contribution in [1.82, 2.24) is 0 Å². The van der Waals surface area contributed by atoms with Gasteiger partial charge in [0.05, 0.1) is 0 Å². The average Bonchev–Trinajstić information content (AvgIpc) is 2.16. The molecule has 0 fully saturated rings. The first-order valence-corrected chi connectivity index (χ1v) is 6.38. The number of thioether (sulfide) groups is 1. The van der Waals surface area contributed by atoms with E-state index in [9.17, 15) is 0 Å². The molecule has 0 aromatic carbocycles. The van der Waals surface area contributed by atoms with Crippen molar-refractivity contribution in [2.45, 2.75) is 33.1 Å². The van der Waals surface area contributed by atoms with Crippen LogP contribution in [0, 0.1) is 5.92 Å². The molecule has 0 bridgehead atoms. The lowest BCUT2D eigenvalue weighted by Crippen LogP contribution is -2.10. The van der Waals surface area contributed by atoms with Crippen molar-refractivity contribution in [3.8, 4) is 0 Å². The minimum absolute atomic E-state index is 0.756. The Bertz CT molecular complexity index is 218. The normalized spacial score (nSPS) is 19.3. The van der Waals surface area contributed by atoms with Gasteiger partial charge < -0.3 is 0 Å². The fraction of sp³-hybridized carbons (Fsp3) is 0.727. The van der Waals surface area contributed by atoms with Gasteiger partial charge in [-0.15, -0.1) is 0 Å². The van der Waals surface area contributed by atoms with Crippen molar-refractivity contribution in [3.05, 3.63) is 11.8 Å². The summed E-state index contributed by atoms with van der Waals surface area (Å²) in [5.41, 5.74) is 2.84. The number of hydrogen-bond donors (Lipinski definition) is 0. The first kappa shape index (κ1) is 10.8. The molecule has 0 radical (unpaired) electrons. The number of nitrogens with zero attached hydrogens (tertiary/aromatic N) is 1. The molecule has 1 aliphatic heterocycles. The molecule has 2 heteroatoms. The van der Waals surface area contributed by atoms with Crippen molar-refractivity contribution in [2.75, 3.05) is 12.0 Å². The van der Waals surface area contributed by atoms with Gasteiger partial charge in [0.15, 0.2) is 0 Å². The Balaban J connectivity index is 2.59. The molecule has 0 N–H and O–H groups in total. The SMILES string of the molecule is CCC(CSC)C1=CN=C(C)CC1. The fourth-order valence-corrected chi connectivity index (χ4v) is 2.50. The zero-order valence-corrected chi connectivity index (χ0v) is 9.66. The second-order valence-corrected chi connectivity index (χ2v) is 4.54. The molecular weight excluding hydrogens is 178 g/mol. The number of rotatable bonds is 4. The zero-order chi connectivity index (χ0) is 9.68. The number of allylic oxidation sites excluding steroid dienone is 1. The Morgan fingerprint density at radius 1 is 1.54 bits per heavy atom. The van der Waals surface area contributed by atoms with E-state index >= 15 is 0 Å². The predicted molar refractivity (Wildman–Crippen MR) is 62.6 cm³/mol. The molecular formula is C11H19NS. The highest BCUT2D eigenvalue weighted by Crippen LogP contribution is 2.25. The summed E-state index contributed by atoms with van der Waals surface area (Å²) in [7, 11) is 0. The Hall–Kier alpha value is -0.240. The van der Waals surface area contributed by atoms with Gasteiger partial charge in [0.2, 0.25) is 0 Å². The standard InChI is InChI=1S/C11H19NS/c1-4-10(8-13-3)11-6-5-9(2)12-7-11/h7,10H,4-6,8H2,1-3H3. The van der Waals surface area contributed by atoms with Crippen LogP contribution in [0.3, 0.4) is 0 Å². The molecule has 13 heavy (non-hydrogen) atoms. The monoisotopic (exact) mass is 197 g/mol. The van der Waals surface area contributed by atoms with Gasteiger partial charge in [0.1, 0.15) is 0 Å². The minimum Gasteiger partial charge on any atom is -0.266 e. The van der Waals surface area contributed by atoms with Crippen LogP contribution < -0.4 is 0 Å². The Morgan fingerprint density at radius 2 is 2.31 bits per heavy atom. The molecule has 0 aliphatic carbocycles. The molecule has 0 aromatic heterocycles. The average molecular weight is 197 g/mol. The van der Waals surface area contributed by atoms with E-state index in [-0.39, 0.29) is 0 Å². The molecule has 0 aromatic rings.